The number of hydrogen-bond donors (Lipinski definition) is 1. The van der Waals surface area contributed by atoms with Crippen LogP contribution in [0, 0.1) is 12.8 Å². The Morgan fingerprint density at radius 2 is 2.15 bits per heavy atom. The van der Waals surface area contributed by atoms with E-state index in [0.29, 0.717) is 17.2 Å². The van der Waals surface area contributed by atoms with E-state index in [2.05, 4.69) is 39.3 Å². The maximum absolute atomic E-state index is 12.7. The van der Waals surface area contributed by atoms with Crippen molar-refractivity contribution in [3.05, 3.63) is 32.3 Å². The maximum atomic E-state index is 12.7. The van der Waals surface area contributed by atoms with E-state index < -0.39 is 5.97 Å². The lowest BCUT2D eigenvalue weighted by Crippen LogP contribution is -2.16. The van der Waals surface area contributed by atoms with Crippen molar-refractivity contribution < 1.29 is 14.3 Å². The lowest BCUT2D eigenvalue weighted by Gasteiger charge is -2.19. The molecule has 4 rings (SSSR count). The minimum atomic E-state index is -0.421. The maximum Gasteiger partial charge on any atom is 0.341 e. The summed E-state index contributed by atoms with van der Waals surface area (Å²) in [6, 6.07) is 1.75. The molecule has 0 bridgehead atoms. The molecule has 0 saturated heterocycles. The first-order valence-electron chi connectivity index (χ1n) is 11.6. The number of nitrogens with zero attached hydrogens (tertiary/aromatic N) is 3. The summed E-state index contributed by atoms with van der Waals surface area (Å²) >= 11 is 4.57. The Balaban J connectivity index is 1.48. The van der Waals surface area contributed by atoms with Gasteiger partial charge in [-0.15, -0.1) is 32.9 Å². The molecule has 1 unspecified atom stereocenters. The van der Waals surface area contributed by atoms with Gasteiger partial charge < -0.3 is 14.6 Å². The summed E-state index contributed by atoms with van der Waals surface area (Å²) in [5.74, 6) is 1.20. The van der Waals surface area contributed by atoms with Crippen molar-refractivity contribution in [2.45, 2.75) is 65.1 Å². The summed E-state index contributed by atoms with van der Waals surface area (Å²) in [5.41, 5.74) is 3.01. The molecule has 10 heteroatoms. The number of aryl methyl sites for hydroxylation is 1. The Hall–Kier alpha value is -2.17. The molecule has 0 spiro atoms. The number of aromatic nitrogens is 3. The van der Waals surface area contributed by atoms with Gasteiger partial charge in [0, 0.05) is 27.2 Å². The molecule has 1 amide bonds. The molecule has 1 aliphatic carbocycles. The molecule has 0 saturated carbocycles. The van der Waals surface area contributed by atoms with Crippen LogP contribution in [0.5, 0.6) is 0 Å². The van der Waals surface area contributed by atoms with Gasteiger partial charge in [-0.1, -0.05) is 25.6 Å². The number of fused-ring (bicyclic) bond motifs is 1. The molecule has 3 aromatic heterocycles. The van der Waals surface area contributed by atoms with Crippen molar-refractivity contribution in [1.82, 2.24) is 14.8 Å². The van der Waals surface area contributed by atoms with Gasteiger partial charge in [-0.2, -0.15) is 0 Å². The van der Waals surface area contributed by atoms with E-state index in [-0.39, 0.29) is 11.7 Å². The van der Waals surface area contributed by atoms with Gasteiger partial charge in [0.2, 0.25) is 5.91 Å². The Bertz CT molecular complexity index is 1180. The Labute approximate surface area is 212 Å². The molecule has 1 N–H and O–H groups in total. The highest BCUT2D eigenvalue weighted by atomic mass is 32.2. The quantitative estimate of drug-likeness (QED) is 0.284. The van der Waals surface area contributed by atoms with E-state index in [4.69, 9.17) is 4.74 Å². The van der Waals surface area contributed by atoms with Crippen LogP contribution in [0.3, 0.4) is 0 Å². The van der Waals surface area contributed by atoms with Crippen LogP contribution in [-0.2, 0) is 28.9 Å². The van der Waals surface area contributed by atoms with Gasteiger partial charge in [0.25, 0.3) is 0 Å². The van der Waals surface area contributed by atoms with Crippen molar-refractivity contribution in [3.8, 4) is 11.4 Å². The van der Waals surface area contributed by atoms with Gasteiger partial charge in [0.1, 0.15) is 5.00 Å². The fourth-order valence-electron chi connectivity index (χ4n) is 4.15. The molecule has 0 radical (unpaired) electrons. The zero-order valence-corrected chi connectivity index (χ0v) is 22.4. The van der Waals surface area contributed by atoms with Crippen LogP contribution in [0.4, 0.5) is 5.00 Å². The molecule has 0 aromatic carbocycles. The summed E-state index contributed by atoms with van der Waals surface area (Å²) in [4.78, 5) is 27.3. The fraction of sp³-hybridized carbons (Fsp3) is 0.500. The van der Waals surface area contributed by atoms with Crippen LogP contribution in [0.2, 0.25) is 0 Å². The van der Waals surface area contributed by atoms with Crippen LogP contribution in [0.15, 0.2) is 16.6 Å². The number of rotatable bonds is 9. The van der Waals surface area contributed by atoms with Gasteiger partial charge in [0.15, 0.2) is 11.0 Å². The first-order chi connectivity index (χ1) is 16.4. The highest BCUT2D eigenvalue weighted by Gasteiger charge is 2.25. The number of ether oxygens (including phenoxy) is 1. The van der Waals surface area contributed by atoms with Gasteiger partial charge in [-0.05, 0) is 57.1 Å². The summed E-state index contributed by atoms with van der Waals surface area (Å²) < 4.78 is 7.25. The van der Waals surface area contributed by atoms with E-state index in [1.165, 1.54) is 45.5 Å². The number of carbonyl (C=O) groups excluding carboxylic acids is 2. The number of esters is 1. The molecule has 182 valence electrons. The molecule has 1 aliphatic rings. The molecule has 3 aromatic rings. The van der Waals surface area contributed by atoms with E-state index in [9.17, 15) is 9.59 Å². The van der Waals surface area contributed by atoms with Gasteiger partial charge in [-0.3, -0.25) is 4.79 Å². The lowest BCUT2D eigenvalue weighted by atomic mass is 9.88. The molecule has 0 aliphatic heterocycles. The highest BCUT2D eigenvalue weighted by Crippen LogP contribution is 2.38. The van der Waals surface area contributed by atoms with Crippen LogP contribution in [0.25, 0.3) is 11.4 Å². The number of carbonyl (C=O) groups is 2. The van der Waals surface area contributed by atoms with Crippen LogP contribution in [-0.4, -0.2) is 39.0 Å². The predicted octanol–water partition coefficient (Wildman–Crippen LogP) is 5.82. The standard InChI is InChI=1S/C24H30N4O3S3/c1-5-9-28-21(18-12-32-19-10-14(3)7-8-16(18)19)26-27-24(28)33-13-20(29)25-22-17(11-15(4)34-22)23(30)31-6-2/h11-12,14H,5-10,13H2,1-4H3,(H,25,29). The van der Waals surface area contributed by atoms with E-state index >= 15 is 0 Å². The normalized spacial score (nSPS) is 15.2. The number of thioether (sulfide) groups is 1. The Morgan fingerprint density at radius 3 is 2.91 bits per heavy atom. The average Bonchev–Trinajstić information content (AvgIpc) is 3.49. The highest BCUT2D eigenvalue weighted by molar-refractivity contribution is 7.99. The molecular weight excluding hydrogens is 488 g/mol. The Kier molecular flexibility index (Phi) is 8.10. The molecule has 3 heterocycles. The summed E-state index contributed by atoms with van der Waals surface area (Å²) in [6.45, 7) is 9.19. The first-order valence-corrected chi connectivity index (χ1v) is 14.3. The van der Waals surface area contributed by atoms with Crippen molar-refractivity contribution in [2.75, 3.05) is 17.7 Å². The molecule has 0 fully saturated rings. The molecule has 7 nitrogen and oxygen atoms in total. The van der Waals surface area contributed by atoms with Crippen LogP contribution >= 0.6 is 34.4 Å². The third kappa shape index (κ3) is 5.39. The fourth-order valence-corrected chi connectivity index (χ4v) is 7.07. The largest absolute Gasteiger partial charge is 0.462 e. The predicted molar refractivity (Wildman–Crippen MR) is 139 cm³/mol. The van der Waals surface area contributed by atoms with Crippen LogP contribution in [0.1, 0.15) is 59.3 Å². The Morgan fingerprint density at radius 1 is 1.32 bits per heavy atom. The average molecular weight is 519 g/mol. The second kappa shape index (κ2) is 11.0. The van der Waals surface area contributed by atoms with Gasteiger partial charge >= 0.3 is 5.97 Å². The number of anilines is 1. The van der Waals surface area contributed by atoms with Gasteiger partial charge in [-0.25, -0.2) is 4.79 Å². The van der Waals surface area contributed by atoms with Crippen molar-refractivity contribution in [1.29, 1.82) is 0 Å². The topological polar surface area (TPSA) is 86.1 Å². The summed E-state index contributed by atoms with van der Waals surface area (Å²) in [7, 11) is 0. The van der Waals surface area contributed by atoms with Gasteiger partial charge in [0.05, 0.1) is 17.9 Å². The number of nitrogens with one attached hydrogen (secondary N) is 1. The second-order valence-electron chi connectivity index (χ2n) is 8.51. The minimum Gasteiger partial charge on any atom is -0.462 e. The van der Waals surface area contributed by atoms with Crippen LogP contribution < -0.4 is 5.32 Å². The number of hydrogen-bond acceptors (Lipinski definition) is 8. The minimum absolute atomic E-state index is 0.181. The van der Waals surface area contributed by atoms with Crippen molar-refractivity contribution in [2.24, 2.45) is 5.92 Å². The number of amides is 1. The monoisotopic (exact) mass is 518 g/mol. The zero-order chi connectivity index (χ0) is 24.2. The van der Waals surface area contributed by atoms with E-state index in [0.717, 1.165) is 47.6 Å². The zero-order valence-electron chi connectivity index (χ0n) is 20.0. The molecule has 1 atom stereocenters. The van der Waals surface area contributed by atoms with E-state index in [1.54, 1.807) is 13.0 Å². The summed E-state index contributed by atoms with van der Waals surface area (Å²) in [5, 5.41) is 15.3. The second-order valence-corrected chi connectivity index (χ2v) is 11.7. The first kappa shape index (κ1) is 24.9. The SMILES string of the molecule is CCCn1c(SCC(=O)Nc2sc(C)cc2C(=O)OCC)nnc1-c1csc2c1CCC(C)C2. The molecule has 34 heavy (non-hydrogen) atoms. The number of thiophene rings is 2. The van der Waals surface area contributed by atoms with E-state index in [1.807, 2.05) is 18.3 Å². The smallest absolute Gasteiger partial charge is 0.341 e. The molecular formula is C24H30N4O3S3. The van der Waals surface area contributed by atoms with Crippen molar-refractivity contribution >= 4 is 51.3 Å². The third-order valence-electron chi connectivity index (χ3n) is 5.74. The lowest BCUT2D eigenvalue weighted by molar-refractivity contribution is -0.113. The van der Waals surface area contributed by atoms with Crippen molar-refractivity contribution in [3.63, 3.8) is 0 Å². The summed E-state index contributed by atoms with van der Waals surface area (Å²) in [6.07, 6.45) is 4.38. The third-order valence-corrected chi connectivity index (χ3v) is 8.73.